The Morgan fingerprint density at radius 2 is 2.57 bits per heavy atom. The molecule has 1 heterocycles. The van der Waals surface area contributed by atoms with Crippen LogP contribution >= 0.6 is 11.8 Å². The molecule has 1 atom stereocenters. The normalized spacial score (nSPS) is 12.4. The number of esters is 1. The summed E-state index contributed by atoms with van der Waals surface area (Å²) >= 11 is 1.26. The molecule has 0 saturated heterocycles. The molecule has 0 aliphatic rings. The van der Waals surface area contributed by atoms with E-state index in [1.54, 1.807) is 12.3 Å². The summed E-state index contributed by atoms with van der Waals surface area (Å²) in [5, 5.41) is 9.34. The van der Waals surface area contributed by atoms with Crippen LogP contribution in [-0.4, -0.2) is 23.1 Å². The molecule has 1 N–H and O–H groups in total. The smallest absolute Gasteiger partial charge is 0.302 e. The standard InChI is InChI=1S/C9H12O4S/c1-7(10)13-5-9(11)14-6-8-3-2-4-12-8/h2-4,9,11H,5-6H2,1H3/t9-/m0/s1. The highest BCUT2D eigenvalue weighted by Gasteiger charge is 2.07. The summed E-state index contributed by atoms with van der Waals surface area (Å²) < 4.78 is 9.70. The van der Waals surface area contributed by atoms with E-state index in [-0.39, 0.29) is 12.6 Å². The number of rotatable bonds is 5. The number of hydrogen-bond donors (Lipinski definition) is 1. The zero-order valence-electron chi connectivity index (χ0n) is 7.80. The van der Waals surface area contributed by atoms with Crippen LogP contribution in [0.2, 0.25) is 0 Å². The number of ether oxygens (including phenoxy) is 1. The average molecular weight is 216 g/mol. The summed E-state index contributed by atoms with van der Waals surface area (Å²) in [6, 6.07) is 3.61. The Morgan fingerprint density at radius 1 is 1.79 bits per heavy atom. The van der Waals surface area contributed by atoms with Crippen molar-refractivity contribution in [2.45, 2.75) is 18.1 Å². The Hall–Kier alpha value is -0.940. The number of hydrogen-bond acceptors (Lipinski definition) is 5. The molecule has 78 valence electrons. The third-order valence-corrected chi connectivity index (χ3v) is 2.40. The zero-order chi connectivity index (χ0) is 10.4. The van der Waals surface area contributed by atoms with Gasteiger partial charge in [0.2, 0.25) is 0 Å². The van der Waals surface area contributed by atoms with E-state index in [0.29, 0.717) is 5.75 Å². The van der Waals surface area contributed by atoms with Gasteiger partial charge in [-0.25, -0.2) is 0 Å². The Bertz CT molecular complexity index is 270. The van der Waals surface area contributed by atoms with E-state index < -0.39 is 5.44 Å². The molecule has 14 heavy (non-hydrogen) atoms. The van der Waals surface area contributed by atoms with Crippen LogP contribution in [0.3, 0.4) is 0 Å². The number of aliphatic hydroxyl groups is 1. The van der Waals surface area contributed by atoms with Crippen molar-refractivity contribution >= 4 is 17.7 Å². The van der Waals surface area contributed by atoms with Crippen molar-refractivity contribution in [3.8, 4) is 0 Å². The maximum Gasteiger partial charge on any atom is 0.302 e. The van der Waals surface area contributed by atoms with Gasteiger partial charge >= 0.3 is 5.97 Å². The van der Waals surface area contributed by atoms with Crippen molar-refractivity contribution in [3.63, 3.8) is 0 Å². The van der Waals surface area contributed by atoms with E-state index in [9.17, 15) is 9.90 Å². The molecule has 1 rings (SSSR count). The van der Waals surface area contributed by atoms with E-state index in [1.807, 2.05) is 6.07 Å². The van der Waals surface area contributed by atoms with Gasteiger partial charge in [0.05, 0.1) is 12.0 Å². The van der Waals surface area contributed by atoms with Gasteiger partial charge in [0, 0.05) is 6.92 Å². The Balaban J connectivity index is 2.15. The first-order valence-corrected chi connectivity index (χ1v) is 5.19. The number of aliphatic hydroxyl groups excluding tert-OH is 1. The predicted octanol–water partition coefficient (Wildman–Crippen LogP) is 1.39. The molecule has 0 unspecified atom stereocenters. The first-order chi connectivity index (χ1) is 6.68. The van der Waals surface area contributed by atoms with Gasteiger partial charge in [-0.15, -0.1) is 11.8 Å². The maximum atomic E-state index is 10.4. The van der Waals surface area contributed by atoms with Crippen molar-refractivity contribution in [1.29, 1.82) is 0 Å². The summed E-state index contributed by atoms with van der Waals surface area (Å²) in [5.74, 6) is 0.967. The predicted molar refractivity (Wildman–Crippen MR) is 52.6 cm³/mol. The van der Waals surface area contributed by atoms with Crippen LogP contribution in [0.5, 0.6) is 0 Å². The summed E-state index contributed by atoms with van der Waals surface area (Å²) in [4.78, 5) is 10.4. The van der Waals surface area contributed by atoms with Crippen LogP contribution in [0.4, 0.5) is 0 Å². The van der Waals surface area contributed by atoms with Crippen molar-refractivity contribution in [1.82, 2.24) is 0 Å². The van der Waals surface area contributed by atoms with Crippen molar-refractivity contribution in [3.05, 3.63) is 24.2 Å². The molecule has 0 saturated carbocycles. The highest BCUT2D eigenvalue weighted by atomic mass is 32.2. The number of furan rings is 1. The second-order valence-corrected chi connectivity index (χ2v) is 3.81. The first-order valence-electron chi connectivity index (χ1n) is 4.14. The van der Waals surface area contributed by atoms with Gasteiger partial charge in [0.15, 0.2) is 0 Å². The monoisotopic (exact) mass is 216 g/mol. The fourth-order valence-corrected chi connectivity index (χ4v) is 1.49. The summed E-state index contributed by atoms with van der Waals surface area (Å²) in [7, 11) is 0. The van der Waals surface area contributed by atoms with Crippen LogP contribution in [0.1, 0.15) is 12.7 Å². The summed E-state index contributed by atoms with van der Waals surface area (Å²) in [6.07, 6.45) is 1.58. The molecule has 0 bridgehead atoms. The summed E-state index contributed by atoms with van der Waals surface area (Å²) in [6.45, 7) is 1.32. The van der Waals surface area contributed by atoms with E-state index in [2.05, 4.69) is 4.74 Å². The summed E-state index contributed by atoms with van der Waals surface area (Å²) in [5.41, 5.74) is -0.705. The fourth-order valence-electron chi connectivity index (χ4n) is 0.810. The van der Waals surface area contributed by atoms with Crippen molar-refractivity contribution in [2.75, 3.05) is 6.61 Å². The van der Waals surface area contributed by atoms with E-state index in [4.69, 9.17) is 4.42 Å². The van der Waals surface area contributed by atoms with Gasteiger partial charge in [-0.2, -0.15) is 0 Å². The quantitative estimate of drug-likeness (QED) is 0.595. The van der Waals surface area contributed by atoms with Crippen LogP contribution in [-0.2, 0) is 15.3 Å². The minimum atomic E-state index is -0.705. The molecule has 0 amide bonds. The molecule has 0 aliphatic heterocycles. The van der Waals surface area contributed by atoms with Gasteiger partial charge in [-0.05, 0) is 12.1 Å². The second-order valence-electron chi connectivity index (χ2n) is 2.65. The molecule has 0 aliphatic carbocycles. The highest BCUT2D eigenvalue weighted by molar-refractivity contribution is 7.98. The molecule has 0 aromatic carbocycles. The third kappa shape index (κ3) is 4.34. The third-order valence-electron chi connectivity index (χ3n) is 1.43. The van der Waals surface area contributed by atoms with E-state index in [0.717, 1.165) is 5.76 Å². The Morgan fingerprint density at radius 3 is 3.14 bits per heavy atom. The molecule has 5 heteroatoms. The molecule has 0 fully saturated rings. The van der Waals surface area contributed by atoms with Crippen LogP contribution in [0.15, 0.2) is 22.8 Å². The molecule has 0 radical (unpaired) electrons. The molecule has 4 nitrogen and oxygen atoms in total. The Kier molecular flexibility index (Phi) is 4.55. The minimum Gasteiger partial charge on any atom is -0.468 e. The van der Waals surface area contributed by atoms with Gasteiger partial charge in [-0.1, -0.05) is 0 Å². The molecule has 1 aromatic heterocycles. The van der Waals surface area contributed by atoms with Crippen molar-refractivity contribution in [2.24, 2.45) is 0 Å². The number of carbonyl (C=O) groups excluding carboxylic acids is 1. The van der Waals surface area contributed by atoms with E-state index in [1.165, 1.54) is 18.7 Å². The molecule has 1 aromatic rings. The number of thioether (sulfide) groups is 1. The SMILES string of the molecule is CC(=O)OC[C@@H](O)SCc1ccco1. The second kappa shape index (κ2) is 5.72. The lowest BCUT2D eigenvalue weighted by atomic mass is 10.5. The Labute approximate surface area is 86.2 Å². The van der Waals surface area contributed by atoms with Crippen LogP contribution < -0.4 is 0 Å². The minimum absolute atomic E-state index is 0.0146. The molecular weight excluding hydrogens is 204 g/mol. The largest absolute Gasteiger partial charge is 0.468 e. The van der Waals surface area contributed by atoms with Gasteiger partial charge in [0.1, 0.15) is 17.8 Å². The van der Waals surface area contributed by atoms with Gasteiger partial charge < -0.3 is 14.3 Å². The highest BCUT2D eigenvalue weighted by Crippen LogP contribution is 2.16. The number of carbonyl (C=O) groups is 1. The first kappa shape index (κ1) is 11.1. The van der Waals surface area contributed by atoms with Crippen molar-refractivity contribution < 1.29 is 19.1 Å². The lowest BCUT2D eigenvalue weighted by Crippen LogP contribution is -2.13. The van der Waals surface area contributed by atoms with Crippen LogP contribution in [0, 0.1) is 0 Å². The van der Waals surface area contributed by atoms with Crippen LogP contribution in [0.25, 0.3) is 0 Å². The zero-order valence-corrected chi connectivity index (χ0v) is 8.62. The van der Waals surface area contributed by atoms with E-state index >= 15 is 0 Å². The lowest BCUT2D eigenvalue weighted by molar-refractivity contribution is -0.142. The van der Waals surface area contributed by atoms with Gasteiger partial charge in [0.25, 0.3) is 0 Å². The topological polar surface area (TPSA) is 59.7 Å². The maximum absolute atomic E-state index is 10.4. The fraction of sp³-hybridized carbons (Fsp3) is 0.444. The average Bonchev–Trinajstić information content (AvgIpc) is 2.63. The molecule has 0 spiro atoms. The van der Waals surface area contributed by atoms with Gasteiger partial charge in [-0.3, -0.25) is 4.79 Å². The lowest BCUT2D eigenvalue weighted by Gasteiger charge is -2.08. The molecular formula is C9H12O4S.